The van der Waals surface area contributed by atoms with Gasteiger partial charge in [-0.2, -0.15) is 0 Å². The van der Waals surface area contributed by atoms with Crippen molar-refractivity contribution in [3.8, 4) is 5.88 Å². The Balaban J connectivity index is 1.59. The molecule has 1 aromatic heterocycles. The molecule has 0 radical (unpaired) electrons. The van der Waals surface area contributed by atoms with E-state index in [1.54, 1.807) is 24.3 Å². The molecule has 2 fully saturated rings. The van der Waals surface area contributed by atoms with Gasteiger partial charge in [0.15, 0.2) is 0 Å². The Morgan fingerprint density at radius 3 is 3.04 bits per heavy atom. The standard InChI is InChI=1S/C16H21N3O4/c1-22-14-5-4-11(9-17-14)16-12(6-8-23-16)18-13(20)10-19-7-2-3-15(19)21/h4-5,9,12,16H,2-3,6-8,10H2,1H3,(H,18,20)/t12-,16+/m0/s1. The van der Waals surface area contributed by atoms with Crippen LogP contribution in [-0.4, -0.2) is 54.5 Å². The highest BCUT2D eigenvalue weighted by atomic mass is 16.5. The van der Waals surface area contributed by atoms with Crippen molar-refractivity contribution in [2.75, 3.05) is 26.8 Å². The molecule has 3 heterocycles. The molecule has 7 heteroatoms. The quantitative estimate of drug-likeness (QED) is 0.862. The smallest absolute Gasteiger partial charge is 0.239 e. The van der Waals surface area contributed by atoms with Gasteiger partial charge in [0.25, 0.3) is 0 Å². The second-order valence-electron chi connectivity index (χ2n) is 5.81. The second-order valence-corrected chi connectivity index (χ2v) is 5.81. The molecule has 0 aliphatic carbocycles. The highest BCUT2D eigenvalue weighted by molar-refractivity contribution is 5.86. The van der Waals surface area contributed by atoms with Gasteiger partial charge in [0.1, 0.15) is 6.10 Å². The molecule has 2 atom stereocenters. The summed E-state index contributed by atoms with van der Waals surface area (Å²) in [5.74, 6) is 0.459. The van der Waals surface area contributed by atoms with Gasteiger partial charge in [0.2, 0.25) is 17.7 Å². The van der Waals surface area contributed by atoms with Crippen molar-refractivity contribution in [2.24, 2.45) is 0 Å². The van der Waals surface area contributed by atoms with Crippen LogP contribution in [0, 0.1) is 0 Å². The van der Waals surface area contributed by atoms with Gasteiger partial charge in [0, 0.05) is 37.4 Å². The zero-order valence-corrected chi connectivity index (χ0v) is 13.2. The number of nitrogens with zero attached hydrogens (tertiary/aromatic N) is 2. The highest BCUT2D eigenvalue weighted by Crippen LogP contribution is 2.29. The summed E-state index contributed by atoms with van der Waals surface area (Å²) in [4.78, 5) is 29.6. The fourth-order valence-corrected chi connectivity index (χ4v) is 3.04. The first kappa shape index (κ1) is 15.7. The predicted molar refractivity (Wildman–Crippen MR) is 81.8 cm³/mol. The first-order chi connectivity index (χ1) is 11.2. The Morgan fingerprint density at radius 1 is 1.52 bits per heavy atom. The molecule has 124 valence electrons. The molecule has 2 aliphatic heterocycles. The van der Waals surface area contributed by atoms with Crippen molar-refractivity contribution in [1.29, 1.82) is 0 Å². The lowest BCUT2D eigenvalue weighted by Gasteiger charge is -2.22. The van der Waals surface area contributed by atoms with Crippen LogP contribution < -0.4 is 10.1 Å². The summed E-state index contributed by atoms with van der Waals surface area (Å²) >= 11 is 0. The van der Waals surface area contributed by atoms with E-state index in [9.17, 15) is 9.59 Å². The summed E-state index contributed by atoms with van der Waals surface area (Å²) in [5.41, 5.74) is 0.908. The summed E-state index contributed by atoms with van der Waals surface area (Å²) in [6, 6.07) is 3.57. The molecule has 0 bridgehead atoms. The number of carbonyl (C=O) groups is 2. The molecule has 23 heavy (non-hydrogen) atoms. The normalized spacial score (nSPS) is 24.0. The van der Waals surface area contributed by atoms with Gasteiger partial charge in [-0.05, 0) is 18.9 Å². The second kappa shape index (κ2) is 6.95. The molecule has 0 unspecified atom stereocenters. The van der Waals surface area contributed by atoms with Crippen LogP contribution in [0.1, 0.15) is 30.9 Å². The van der Waals surface area contributed by atoms with Crippen molar-refractivity contribution >= 4 is 11.8 Å². The number of likely N-dealkylation sites (tertiary alicyclic amines) is 1. The average Bonchev–Trinajstić information content (AvgIpc) is 3.17. The Labute approximate surface area is 135 Å². The van der Waals surface area contributed by atoms with Crippen LogP contribution in [0.2, 0.25) is 0 Å². The van der Waals surface area contributed by atoms with Crippen molar-refractivity contribution in [3.05, 3.63) is 23.9 Å². The Hall–Kier alpha value is -2.15. The fraction of sp³-hybridized carbons (Fsp3) is 0.562. The van der Waals surface area contributed by atoms with Crippen LogP contribution in [0.3, 0.4) is 0 Å². The maximum atomic E-state index is 12.2. The van der Waals surface area contributed by atoms with Crippen LogP contribution in [0.15, 0.2) is 18.3 Å². The van der Waals surface area contributed by atoms with E-state index in [2.05, 4.69) is 10.3 Å². The first-order valence-electron chi connectivity index (χ1n) is 7.86. The lowest BCUT2D eigenvalue weighted by atomic mass is 10.0. The Bertz CT molecular complexity index is 575. The van der Waals surface area contributed by atoms with E-state index < -0.39 is 0 Å². The van der Waals surface area contributed by atoms with Crippen molar-refractivity contribution in [2.45, 2.75) is 31.4 Å². The number of hydrogen-bond donors (Lipinski definition) is 1. The third-order valence-corrected chi connectivity index (χ3v) is 4.24. The summed E-state index contributed by atoms with van der Waals surface area (Å²) in [6.07, 6.45) is 3.61. The van der Waals surface area contributed by atoms with E-state index in [1.807, 2.05) is 6.07 Å². The van der Waals surface area contributed by atoms with Gasteiger partial charge in [-0.1, -0.05) is 0 Å². The van der Waals surface area contributed by atoms with E-state index in [-0.39, 0.29) is 30.5 Å². The number of rotatable bonds is 5. The van der Waals surface area contributed by atoms with E-state index in [0.29, 0.717) is 25.5 Å². The van der Waals surface area contributed by atoms with Crippen molar-refractivity contribution in [1.82, 2.24) is 15.2 Å². The third kappa shape index (κ3) is 3.61. The summed E-state index contributed by atoms with van der Waals surface area (Å²) in [6.45, 7) is 1.38. The predicted octanol–water partition coefficient (Wildman–Crippen LogP) is 0.659. The van der Waals surface area contributed by atoms with Crippen molar-refractivity contribution in [3.63, 3.8) is 0 Å². The topological polar surface area (TPSA) is 80.8 Å². The van der Waals surface area contributed by atoms with Gasteiger partial charge in [-0.3, -0.25) is 9.59 Å². The fourth-order valence-electron chi connectivity index (χ4n) is 3.04. The van der Waals surface area contributed by atoms with E-state index in [4.69, 9.17) is 9.47 Å². The number of amides is 2. The van der Waals surface area contributed by atoms with Gasteiger partial charge in [-0.15, -0.1) is 0 Å². The lowest BCUT2D eigenvalue weighted by Crippen LogP contribution is -2.43. The van der Waals surface area contributed by atoms with Crippen LogP contribution in [0.4, 0.5) is 0 Å². The Kier molecular flexibility index (Phi) is 4.76. The van der Waals surface area contributed by atoms with Crippen LogP contribution in [-0.2, 0) is 14.3 Å². The van der Waals surface area contributed by atoms with Gasteiger partial charge >= 0.3 is 0 Å². The summed E-state index contributed by atoms with van der Waals surface area (Å²) < 4.78 is 10.8. The number of carbonyl (C=O) groups excluding carboxylic acids is 2. The number of nitrogens with one attached hydrogen (secondary N) is 1. The Morgan fingerprint density at radius 2 is 2.39 bits per heavy atom. The molecule has 2 saturated heterocycles. The summed E-state index contributed by atoms with van der Waals surface area (Å²) in [5, 5.41) is 2.99. The summed E-state index contributed by atoms with van der Waals surface area (Å²) in [7, 11) is 1.57. The first-order valence-corrected chi connectivity index (χ1v) is 7.86. The van der Waals surface area contributed by atoms with E-state index in [1.165, 1.54) is 0 Å². The average molecular weight is 319 g/mol. The zero-order valence-electron chi connectivity index (χ0n) is 13.2. The van der Waals surface area contributed by atoms with Crippen molar-refractivity contribution < 1.29 is 19.1 Å². The number of methoxy groups -OCH3 is 1. The molecule has 0 aromatic carbocycles. The van der Waals surface area contributed by atoms with Gasteiger partial charge < -0.3 is 19.7 Å². The minimum Gasteiger partial charge on any atom is -0.481 e. The SMILES string of the molecule is COc1ccc([C@H]2OCC[C@@H]2NC(=O)CN2CCCC2=O)cn1. The molecule has 7 nitrogen and oxygen atoms in total. The minimum absolute atomic E-state index is 0.0544. The van der Waals surface area contributed by atoms with Crippen LogP contribution >= 0.6 is 0 Å². The number of aromatic nitrogens is 1. The van der Waals surface area contributed by atoms with Crippen LogP contribution in [0.25, 0.3) is 0 Å². The highest BCUT2D eigenvalue weighted by Gasteiger charge is 2.32. The van der Waals surface area contributed by atoms with Gasteiger partial charge in [0.05, 0.1) is 19.7 Å². The number of ether oxygens (including phenoxy) is 2. The van der Waals surface area contributed by atoms with Gasteiger partial charge in [-0.25, -0.2) is 4.98 Å². The lowest BCUT2D eigenvalue weighted by molar-refractivity contribution is -0.133. The monoisotopic (exact) mass is 319 g/mol. The molecule has 0 saturated carbocycles. The molecule has 2 amide bonds. The number of pyridine rings is 1. The molecule has 2 aliphatic rings. The molecule has 1 N–H and O–H groups in total. The van der Waals surface area contributed by atoms with E-state index in [0.717, 1.165) is 18.4 Å². The molecule has 0 spiro atoms. The minimum atomic E-state index is -0.216. The third-order valence-electron chi connectivity index (χ3n) is 4.24. The molecular weight excluding hydrogens is 298 g/mol. The zero-order chi connectivity index (χ0) is 16.2. The number of hydrogen-bond acceptors (Lipinski definition) is 5. The molecular formula is C16H21N3O4. The molecule has 1 aromatic rings. The maximum Gasteiger partial charge on any atom is 0.239 e. The largest absolute Gasteiger partial charge is 0.481 e. The molecule has 3 rings (SSSR count). The van der Waals surface area contributed by atoms with Crippen LogP contribution in [0.5, 0.6) is 5.88 Å². The maximum absolute atomic E-state index is 12.2. The van der Waals surface area contributed by atoms with E-state index >= 15 is 0 Å².